The average molecular weight is 271 g/mol. The number of carbonyl (C=O) groups is 1. The number of hydrogen-bond donors (Lipinski definition) is 2. The fourth-order valence-electron chi connectivity index (χ4n) is 2.58. The van der Waals surface area contributed by atoms with Crippen molar-refractivity contribution >= 4 is 5.97 Å². The number of rotatable bonds is 8. The van der Waals surface area contributed by atoms with Crippen LogP contribution in [0.2, 0.25) is 0 Å². The van der Waals surface area contributed by atoms with Crippen LogP contribution in [0.15, 0.2) is 0 Å². The Morgan fingerprint density at radius 1 is 1.47 bits per heavy atom. The second kappa shape index (κ2) is 8.51. The van der Waals surface area contributed by atoms with E-state index < -0.39 is 12.0 Å². The van der Waals surface area contributed by atoms with Crippen molar-refractivity contribution in [1.82, 2.24) is 15.1 Å². The molecule has 1 unspecified atom stereocenters. The smallest absolute Gasteiger partial charge is 0.320 e. The molecule has 0 aliphatic carbocycles. The summed E-state index contributed by atoms with van der Waals surface area (Å²) in [5, 5.41) is 12.3. The van der Waals surface area contributed by atoms with E-state index in [2.05, 4.69) is 36.1 Å². The van der Waals surface area contributed by atoms with Gasteiger partial charge in [-0.2, -0.15) is 0 Å². The van der Waals surface area contributed by atoms with Crippen LogP contribution in [0.1, 0.15) is 32.6 Å². The van der Waals surface area contributed by atoms with Crippen LogP contribution in [-0.4, -0.2) is 73.2 Å². The van der Waals surface area contributed by atoms with Crippen molar-refractivity contribution in [2.45, 2.75) is 44.7 Å². The minimum atomic E-state index is -0.731. The predicted octanol–water partition coefficient (Wildman–Crippen LogP) is 0.855. The third kappa shape index (κ3) is 5.89. The monoisotopic (exact) mass is 271 g/mol. The fraction of sp³-hybridized carbons (Fsp3) is 0.929. The SMILES string of the molecule is CCCNC(CCN(C)C1CCN(C)CC1)C(=O)O. The van der Waals surface area contributed by atoms with Crippen LogP contribution in [0.5, 0.6) is 0 Å². The van der Waals surface area contributed by atoms with Crippen LogP contribution in [0.4, 0.5) is 0 Å². The molecule has 112 valence electrons. The molecule has 0 aromatic heterocycles. The molecule has 1 heterocycles. The van der Waals surface area contributed by atoms with E-state index in [1.807, 2.05) is 0 Å². The third-order valence-electron chi connectivity index (χ3n) is 4.02. The number of carboxylic acid groups (broad SMARTS) is 1. The first kappa shape index (κ1) is 16.4. The molecule has 0 spiro atoms. The van der Waals surface area contributed by atoms with Crippen LogP contribution in [-0.2, 0) is 4.79 Å². The normalized spacial score (nSPS) is 19.8. The van der Waals surface area contributed by atoms with Crippen molar-refractivity contribution in [2.75, 3.05) is 40.3 Å². The minimum absolute atomic E-state index is 0.409. The first-order chi connectivity index (χ1) is 9.04. The summed E-state index contributed by atoms with van der Waals surface area (Å²) in [6, 6.07) is 0.200. The van der Waals surface area contributed by atoms with Gasteiger partial charge in [-0.3, -0.25) is 4.79 Å². The van der Waals surface area contributed by atoms with E-state index in [4.69, 9.17) is 0 Å². The maximum absolute atomic E-state index is 11.1. The predicted molar refractivity (Wildman–Crippen MR) is 77.5 cm³/mol. The van der Waals surface area contributed by atoms with Gasteiger partial charge in [0, 0.05) is 12.6 Å². The summed E-state index contributed by atoms with van der Waals surface area (Å²) in [6.45, 7) is 5.96. The maximum atomic E-state index is 11.1. The van der Waals surface area contributed by atoms with Crippen LogP contribution >= 0.6 is 0 Å². The highest BCUT2D eigenvalue weighted by Crippen LogP contribution is 2.14. The molecule has 1 rings (SSSR count). The van der Waals surface area contributed by atoms with Crippen molar-refractivity contribution in [1.29, 1.82) is 0 Å². The van der Waals surface area contributed by atoms with E-state index in [-0.39, 0.29) is 0 Å². The molecule has 0 radical (unpaired) electrons. The quantitative estimate of drug-likeness (QED) is 0.685. The Kier molecular flexibility index (Phi) is 7.34. The van der Waals surface area contributed by atoms with Gasteiger partial charge in [-0.25, -0.2) is 0 Å². The fourth-order valence-corrected chi connectivity index (χ4v) is 2.58. The Balaban J connectivity index is 2.30. The highest BCUT2D eigenvalue weighted by atomic mass is 16.4. The van der Waals surface area contributed by atoms with Gasteiger partial charge >= 0.3 is 5.97 Å². The van der Waals surface area contributed by atoms with Crippen LogP contribution < -0.4 is 5.32 Å². The van der Waals surface area contributed by atoms with Crippen LogP contribution in [0.3, 0.4) is 0 Å². The second-order valence-electron chi connectivity index (χ2n) is 5.65. The van der Waals surface area contributed by atoms with Crippen molar-refractivity contribution < 1.29 is 9.90 Å². The summed E-state index contributed by atoms with van der Waals surface area (Å²) in [5.41, 5.74) is 0. The number of nitrogens with one attached hydrogen (secondary N) is 1. The van der Waals surface area contributed by atoms with Gasteiger partial charge in [0.1, 0.15) is 6.04 Å². The van der Waals surface area contributed by atoms with Crippen molar-refractivity contribution in [2.24, 2.45) is 0 Å². The molecule has 5 heteroatoms. The molecule has 1 fully saturated rings. The molecule has 0 aromatic rings. The van der Waals surface area contributed by atoms with Gasteiger partial charge in [0.15, 0.2) is 0 Å². The third-order valence-corrected chi connectivity index (χ3v) is 4.02. The number of hydrogen-bond acceptors (Lipinski definition) is 4. The topological polar surface area (TPSA) is 55.8 Å². The molecule has 1 atom stereocenters. The van der Waals surface area contributed by atoms with Crippen LogP contribution in [0.25, 0.3) is 0 Å². The van der Waals surface area contributed by atoms with Crippen LogP contribution in [0, 0.1) is 0 Å². The zero-order valence-corrected chi connectivity index (χ0v) is 12.6. The number of nitrogens with zero attached hydrogens (tertiary/aromatic N) is 2. The summed E-state index contributed by atoms with van der Waals surface area (Å²) in [7, 11) is 4.28. The Bertz CT molecular complexity index is 265. The van der Waals surface area contributed by atoms with Gasteiger partial charge in [-0.1, -0.05) is 6.92 Å². The molecule has 1 aliphatic rings. The summed E-state index contributed by atoms with van der Waals surface area (Å²) in [5.74, 6) is -0.731. The molecular formula is C14H29N3O2. The molecule has 5 nitrogen and oxygen atoms in total. The summed E-state index contributed by atoms with van der Waals surface area (Å²) in [6.07, 6.45) is 4.02. The van der Waals surface area contributed by atoms with E-state index in [1.54, 1.807) is 0 Å². The summed E-state index contributed by atoms with van der Waals surface area (Å²) in [4.78, 5) is 15.8. The Morgan fingerprint density at radius 3 is 2.63 bits per heavy atom. The van der Waals surface area contributed by atoms with E-state index >= 15 is 0 Å². The first-order valence-corrected chi connectivity index (χ1v) is 7.39. The number of carboxylic acids is 1. The zero-order valence-electron chi connectivity index (χ0n) is 12.6. The largest absolute Gasteiger partial charge is 0.480 e. The standard InChI is InChI=1S/C14H29N3O2/c1-4-8-15-13(14(18)19)7-11-17(3)12-5-9-16(2)10-6-12/h12-13,15H,4-11H2,1-3H3,(H,18,19). The number of piperidine rings is 1. The van der Waals surface area contributed by atoms with Gasteiger partial charge in [0.05, 0.1) is 0 Å². The Labute approximate surface area is 117 Å². The van der Waals surface area contributed by atoms with E-state index in [1.165, 1.54) is 12.8 Å². The molecular weight excluding hydrogens is 242 g/mol. The lowest BCUT2D eigenvalue weighted by Crippen LogP contribution is -2.45. The number of aliphatic carboxylic acids is 1. The van der Waals surface area contributed by atoms with Gasteiger partial charge in [-0.05, 0) is 59.4 Å². The van der Waals surface area contributed by atoms with Gasteiger partial charge in [0.2, 0.25) is 0 Å². The lowest BCUT2D eigenvalue weighted by molar-refractivity contribution is -0.139. The molecule has 1 saturated heterocycles. The highest BCUT2D eigenvalue weighted by molar-refractivity contribution is 5.73. The minimum Gasteiger partial charge on any atom is -0.480 e. The molecule has 0 saturated carbocycles. The van der Waals surface area contributed by atoms with Gasteiger partial charge in [-0.15, -0.1) is 0 Å². The Hall–Kier alpha value is -0.650. The zero-order chi connectivity index (χ0) is 14.3. The molecule has 0 bridgehead atoms. The molecule has 1 aliphatic heterocycles. The molecule has 0 aromatic carbocycles. The van der Waals surface area contributed by atoms with E-state index in [0.29, 0.717) is 12.5 Å². The lowest BCUT2D eigenvalue weighted by atomic mass is 10.0. The van der Waals surface area contributed by atoms with Gasteiger partial charge < -0.3 is 20.2 Å². The molecule has 0 amide bonds. The summed E-state index contributed by atoms with van der Waals surface area (Å²) >= 11 is 0. The molecule has 2 N–H and O–H groups in total. The van der Waals surface area contributed by atoms with Crippen molar-refractivity contribution in [3.63, 3.8) is 0 Å². The number of likely N-dealkylation sites (tertiary alicyclic amines) is 1. The highest BCUT2D eigenvalue weighted by Gasteiger charge is 2.22. The average Bonchev–Trinajstić information content (AvgIpc) is 2.39. The van der Waals surface area contributed by atoms with Crippen molar-refractivity contribution in [3.05, 3.63) is 0 Å². The van der Waals surface area contributed by atoms with Crippen molar-refractivity contribution in [3.8, 4) is 0 Å². The second-order valence-corrected chi connectivity index (χ2v) is 5.65. The lowest BCUT2D eigenvalue weighted by Gasteiger charge is -2.35. The maximum Gasteiger partial charge on any atom is 0.320 e. The Morgan fingerprint density at radius 2 is 2.11 bits per heavy atom. The van der Waals surface area contributed by atoms with Gasteiger partial charge in [0.25, 0.3) is 0 Å². The van der Waals surface area contributed by atoms with E-state index in [9.17, 15) is 9.90 Å². The van der Waals surface area contributed by atoms with E-state index in [0.717, 1.165) is 32.6 Å². The first-order valence-electron chi connectivity index (χ1n) is 7.39. The summed E-state index contributed by atoms with van der Waals surface area (Å²) < 4.78 is 0. The molecule has 19 heavy (non-hydrogen) atoms.